The van der Waals surface area contributed by atoms with Gasteiger partial charge in [-0.25, -0.2) is 0 Å². The van der Waals surface area contributed by atoms with Crippen LogP contribution in [0, 0.1) is 0 Å². The lowest BCUT2D eigenvalue weighted by Gasteiger charge is -2.16. The summed E-state index contributed by atoms with van der Waals surface area (Å²) in [4.78, 5) is 22.6. The van der Waals surface area contributed by atoms with E-state index in [1.807, 2.05) is 0 Å². The number of nitrogens with zero attached hydrogens (tertiary/aromatic N) is 1. The lowest BCUT2D eigenvalue weighted by atomic mass is 10.3. The van der Waals surface area contributed by atoms with E-state index in [9.17, 15) is 9.59 Å². The number of carbonyl (C=O) groups is 2. The van der Waals surface area contributed by atoms with E-state index in [1.54, 1.807) is 6.07 Å². The normalized spacial score (nSPS) is 10.5. The smallest absolute Gasteiger partial charge is 0.317 e. The minimum absolute atomic E-state index is 0.0858. The largest absolute Gasteiger partial charge is 0.480 e. The minimum atomic E-state index is -1.00. The van der Waals surface area contributed by atoms with Crippen LogP contribution in [0.1, 0.15) is 5.56 Å². The third kappa shape index (κ3) is 4.28. The molecule has 0 radical (unpaired) electrons. The van der Waals surface area contributed by atoms with Gasteiger partial charge in [0, 0.05) is 12.1 Å². The van der Waals surface area contributed by atoms with Crippen LogP contribution in [0.3, 0.4) is 0 Å². The maximum absolute atomic E-state index is 10.7. The Hall–Kier alpha value is -1.82. The molecule has 0 aromatic carbocycles. The molecule has 0 aliphatic heterocycles. The minimum Gasteiger partial charge on any atom is -0.480 e. The number of amides is 1. The van der Waals surface area contributed by atoms with Crippen molar-refractivity contribution >= 4 is 11.9 Å². The van der Waals surface area contributed by atoms with Gasteiger partial charge in [-0.3, -0.25) is 14.5 Å². The molecule has 0 spiro atoms. The van der Waals surface area contributed by atoms with Gasteiger partial charge in [0.15, 0.2) is 0 Å². The topological polar surface area (TPSA) is 96.8 Å². The van der Waals surface area contributed by atoms with Gasteiger partial charge in [-0.1, -0.05) is 0 Å². The van der Waals surface area contributed by atoms with Crippen molar-refractivity contribution in [2.45, 2.75) is 6.54 Å². The molecule has 0 saturated heterocycles. The lowest BCUT2D eigenvalue weighted by Crippen LogP contribution is -2.36. The van der Waals surface area contributed by atoms with Gasteiger partial charge in [-0.05, 0) is 6.07 Å². The highest BCUT2D eigenvalue weighted by Gasteiger charge is 2.13. The van der Waals surface area contributed by atoms with Gasteiger partial charge in [-0.15, -0.1) is 0 Å². The molecular formula is C9H12N2O4. The first kappa shape index (κ1) is 11.3. The number of hydrogen-bond donors (Lipinski definition) is 2. The van der Waals surface area contributed by atoms with Crippen molar-refractivity contribution in [3.63, 3.8) is 0 Å². The zero-order chi connectivity index (χ0) is 11.3. The maximum Gasteiger partial charge on any atom is 0.317 e. The van der Waals surface area contributed by atoms with Crippen molar-refractivity contribution in [3.05, 3.63) is 24.2 Å². The van der Waals surface area contributed by atoms with Crippen LogP contribution in [0.4, 0.5) is 0 Å². The van der Waals surface area contributed by atoms with E-state index in [1.165, 1.54) is 17.4 Å². The molecule has 0 fully saturated rings. The average molecular weight is 212 g/mol. The Morgan fingerprint density at radius 2 is 2.20 bits per heavy atom. The predicted molar refractivity (Wildman–Crippen MR) is 50.8 cm³/mol. The molecule has 0 atom stereocenters. The SMILES string of the molecule is NC(=O)CN(CC(=O)O)Cc1ccoc1. The second-order valence-electron chi connectivity index (χ2n) is 3.14. The van der Waals surface area contributed by atoms with Gasteiger partial charge in [0.1, 0.15) is 0 Å². The van der Waals surface area contributed by atoms with Gasteiger partial charge in [0.05, 0.1) is 25.6 Å². The molecule has 6 nitrogen and oxygen atoms in total. The third-order valence-electron chi connectivity index (χ3n) is 1.72. The summed E-state index contributed by atoms with van der Waals surface area (Å²) in [5.74, 6) is -1.56. The van der Waals surface area contributed by atoms with Gasteiger partial charge >= 0.3 is 5.97 Å². The molecule has 1 aromatic heterocycles. The van der Waals surface area contributed by atoms with Crippen LogP contribution in [0.5, 0.6) is 0 Å². The molecule has 15 heavy (non-hydrogen) atoms. The van der Waals surface area contributed by atoms with Crippen LogP contribution in [0.25, 0.3) is 0 Å². The molecular weight excluding hydrogens is 200 g/mol. The van der Waals surface area contributed by atoms with Crippen molar-refractivity contribution in [3.8, 4) is 0 Å². The molecule has 1 heterocycles. The third-order valence-corrected chi connectivity index (χ3v) is 1.72. The molecule has 1 aromatic rings. The van der Waals surface area contributed by atoms with E-state index in [2.05, 4.69) is 0 Å². The van der Waals surface area contributed by atoms with Crippen LogP contribution < -0.4 is 5.73 Å². The fraction of sp³-hybridized carbons (Fsp3) is 0.333. The van der Waals surface area contributed by atoms with Crippen molar-refractivity contribution in [1.82, 2.24) is 4.90 Å². The molecule has 0 aliphatic carbocycles. The van der Waals surface area contributed by atoms with Crippen LogP contribution in [0.15, 0.2) is 23.0 Å². The number of carbonyl (C=O) groups excluding carboxylic acids is 1. The summed E-state index contributed by atoms with van der Waals surface area (Å²) >= 11 is 0. The fourth-order valence-electron chi connectivity index (χ4n) is 1.22. The van der Waals surface area contributed by atoms with Crippen LogP contribution >= 0.6 is 0 Å². The monoisotopic (exact) mass is 212 g/mol. The van der Waals surface area contributed by atoms with E-state index in [0.29, 0.717) is 6.54 Å². The van der Waals surface area contributed by atoms with Crippen LogP contribution in [-0.2, 0) is 16.1 Å². The van der Waals surface area contributed by atoms with Gasteiger partial charge in [0.2, 0.25) is 5.91 Å². The van der Waals surface area contributed by atoms with Crippen molar-refractivity contribution in [2.75, 3.05) is 13.1 Å². The number of aliphatic carboxylic acids is 1. The molecule has 1 amide bonds. The number of furan rings is 1. The van der Waals surface area contributed by atoms with Gasteiger partial charge in [0.25, 0.3) is 0 Å². The molecule has 0 unspecified atom stereocenters. The Kier molecular flexibility index (Phi) is 3.87. The van der Waals surface area contributed by atoms with E-state index in [4.69, 9.17) is 15.3 Å². The average Bonchev–Trinajstić information content (AvgIpc) is 2.53. The number of carboxylic acids is 1. The molecule has 1 rings (SSSR count). The molecule has 3 N–H and O–H groups in total. The number of nitrogens with two attached hydrogens (primary N) is 1. The Balaban J connectivity index is 2.55. The Morgan fingerprint density at radius 3 is 2.67 bits per heavy atom. The van der Waals surface area contributed by atoms with E-state index in [-0.39, 0.29) is 13.1 Å². The van der Waals surface area contributed by atoms with Crippen LogP contribution in [-0.4, -0.2) is 35.0 Å². The summed E-state index contributed by atoms with van der Waals surface area (Å²) in [7, 11) is 0. The summed E-state index contributed by atoms with van der Waals surface area (Å²) in [6.45, 7) is 0.0112. The fourth-order valence-corrected chi connectivity index (χ4v) is 1.22. The standard InChI is InChI=1S/C9H12N2O4/c10-8(12)4-11(5-9(13)14)3-7-1-2-15-6-7/h1-2,6H,3-5H2,(H2,10,12)(H,13,14). The Bertz CT molecular complexity index is 318. The van der Waals surface area contributed by atoms with E-state index >= 15 is 0 Å². The summed E-state index contributed by atoms with van der Waals surface area (Å²) in [6, 6.07) is 1.70. The Morgan fingerprint density at radius 1 is 1.47 bits per heavy atom. The summed E-state index contributed by atoms with van der Waals surface area (Å²) in [5, 5.41) is 8.61. The summed E-state index contributed by atoms with van der Waals surface area (Å²) in [6.07, 6.45) is 2.98. The highest BCUT2D eigenvalue weighted by atomic mass is 16.4. The second kappa shape index (κ2) is 5.16. The Labute approximate surface area is 86.3 Å². The quantitative estimate of drug-likeness (QED) is 0.671. The number of rotatable bonds is 6. The first-order valence-corrected chi connectivity index (χ1v) is 4.31. The number of carboxylic acid groups (broad SMARTS) is 1. The first-order valence-electron chi connectivity index (χ1n) is 4.31. The molecule has 0 aliphatic rings. The molecule has 0 bridgehead atoms. The van der Waals surface area contributed by atoms with Crippen molar-refractivity contribution < 1.29 is 19.1 Å². The summed E-state index contributed by atoms with van der Waals surface area (Å²) < 4.78 is 4.84. The van der Waals surface area contributed by atoms with Crippen molar-refractivity contribution in [1.29, 1.82) is 0 Å². The molecule has 0 saturated carbocycles. The first-order chi connectivity index (χ1) is 7.08. The lowest BCUT2D eigenvalue weighted by molar-refractivity contribution is -0.138. The van der Waals surface area contributed by atoms with E-state index in [0.717, 1.165) is 5.56 Å². The van der Waals surface area contributed by atoms with E-state index < -0.39 is 11.9 Å². The van der Waals surface area contributed by atoms with Crippen LogP contribution in [0.2, 0.25) is 0 Å². The molecule has 6 heteroatoms. The second-order valence-corrected chi connectivity index (χ2v) is 3.14. The molecule has 82 valence electrons. The highest BCUT2D eigenvalue weighted by Crippen LogP contribution is 2.04. The van der Waals surface area contributed by atoms with Gasteiger partial charge in [-0.2, -0.15) is 0 Å². The van der Waals surface area contributed by atoms with Crippen molar-refractivity contribution in [2.24, 2.45) is 5.73 Å². The maximum atomic E-state index is 10.7. The zero-order valence-electron chi connectivity index (χ0n) is 8.05. The number of hydrogen-bond acceptors (Lipinski definition) is 4. The predicted octanol–water partition coefficient (Wildman–Crippen LogP) is -0.348. The summed E-state index contributed by atoms with van der Waals surface area (Å²) in [5.41, 5.74) is 5.80. The number of primary amides is 1. The highest BCUT2D eigenvalue weighted by molar-refractivity contribution is 5.77. The zero-order valence-corrected chi connectivity index (χ0v) is 8.05. The van der Waals surface area contributed by atoms with Gasteiger partial charge < -0.3 is 15.3 Å².